The van der Waals surface area contributed by atoms with Gasteiger partial charge in [0.25, 0.3) is 0 Å². The van der Waals surface area contributed by atoms with E-state index in [-0.39, 0.29) is 0 Å². The summed E-state index contributed by atoms with van der Waals surface area (Å²) in [7, 11) is 0. The predicted molar refractivity (Wildman–Crippen MR) is 53.7 cm³/mol. The first-order chi connectivity index (χ1) is 5.93. The normalized spacial score (nSPS) is 8.67. The van der Waals surface area contributed by atoms with Crippen molar-refractivity contribution in [2.75, 3.05) is 0 Å². The monoisotopic (exact) mass is 276 g/mol. The second kappa shape index (κ2) is 9.41. The van der Waals surface area contributed by atoms with Crippen LogP contribution in [0.15, 0.2) is 30.3 Å². The van der Waals surface area contributed by atoms with E-state index in [1.807, 2.05) is 6.07 Å². The number of rotatable bonds is 3. The average molecular weight is 279 g/mol. The topological polar surface area (TPSA) is 0 Å². The molecular weight excluding hydrogens is 265 g/mol. The number of aryl methyl sites for hydroxylation is 1. The van der Waals surface area contributed by atoms with Crippen molar-refractivity contribution in [2.24, 2.45) is 0 Å². The van der Waals surface area contributed by atoms with Crippen LogP contribution in [0.4, 0.5) is 0 Å². The van der Waals surface area contributed by atoms with Gasteiger partial charge < -0.3 is 6.92 Å². The van der Waals surface area contributed by atoms with Gasteiger partial charge in [-0.05, 0) is 12.0 Å². The van der Waals surface area contributed by atoms with Crippen molar-refractivity contribution in [3.05, 3.63) is 42.8 Å². The third kappa shape index (κ3) is 5.91. The SMILES string of the molecule is [CH2-]CCCc1ccccc1.[Zn+][Br]. The molecule has 0 fully saturated rings. The van der Waals surface area contributed by atoms with Gasteiger partial charge in [-0.1, -0.05) is 36.8 Å². The van der Waals surface area contributed by atoms with Crippen molar-refractivity contribution in [1.29, 1.82) is 0 Å². The Kier molecular flexibility index (Phi) is 9.67. The Balaban J connectivity index is 0.000000561. The Morgan fingerprint density at radius 3 is 2.25 bits per heavy atom. The summed E-state index contributed by atoms with van der Waals surface area (Å²) in [5, 5.41) is 0. The Morgan fingerprint density at radius 1 is 1.17 bits per heavy atom. The van der Waals surface area contributed by atoms with Crippen LogP contribution in [0.5, 0.6) is 0 Å². The van der Waals surface area contributed by atoms with E-state index in [1.54, 1.807) is 0 Å². The van der Waals surface area contributed by atoms with Gasteiger partial charge in [-0.15, -0.1) is 0 Å². The molecule has 0 aromatic heterocycles. The van der Waals surface area contributed by atoms with Crippen LogP contribution in [-0.2, 0) is 22.8 Å². The molecule has 0 aliphatic carbocycles. The molecule has 0 aliphatic rings. The van der Waals surface area contributed by atoms with Crippen LogP contribution in [0.3, 0.4) is 0 Å². The van der Waals surface area contributed by atoms with Crippen LogP contribution in [0.2, 0.25) is 0 Å². The molecule has 0 radical (unpaired) electrons. The summed E-state index contributed by atoms with van der Waals surface area (Å²) in [4.78, 5) is 0. The Bertz CT molecular complexity index is 174. The van der Waals surface area contributed by atoms with Crippen LogP contribution in [0.1, 0.15) is 18.4 Å². The third-order valence-electron chi connectivity index (χ3n) is 1.56. The maximum atomic E-state index is 3.80. The maximum absolute atomic E-state index is 3.80. The van der Waals surface area contributed by atoms with Crippen LogP contribution in [0.25, 0.3) is 0 Å². The van der Waals surface area contributed by atoms with Crippen LogP contribution in [0, 0.1) is 6.92 Å². The molecule has 0 aliphatic heterocycles. The Hall–Kier alpha value is 0.323. The van der Waals surface area contributed by atoms with E-state index < -0.39 is 0 Å². The van der Waals surface area contributed by atoms with Crippen LogP contribution in [-0.4, -0.2) is 0 Å². The summed E-state index contributed by atoms with van der Waals surface area (Å²) in [5.74, 6) is 0. The Morgan fingerprint density at radius 2 is 1.75 bits per heavy atom. The van der Waals surface area contributed by atoms with Crippen molar-refractivity contribution < 1.29 is 16.3 Å². The zero-order valence-electron chi connectivity index (χ0n) is 7.30. The van der Waals surface area contributed by atoms with Gasteiger partial charge in [0.1, 0.15) is 0 Å². The molecule has 1 aromatic carbocycles. The summed E-state index contributed by atoms with van der Waals surface area (Å²) in [6, 6.07) is 10.5. The summed E-state index contributed by atoms with van der Waals surface area (Å²) >= 11 is 4.25. The van der Waals surface area contributed by atoms with Crippen molar-refractivity contribution >= 4 is 13.6 Å². The second-order valence-electron chi connectivity index (χ2n) is 2.44. The second-order valence-corrected chi connectivity index (χ2v) is 2.44. The van der Waals surface area contributed by atoms with Gasteiger partial charge in [-0.2, -0.15) is 6.42 Å². The van der Waals surface area contributed by atoms with Gasteiger partial charge in [0, 0.05) is 0 Å². The van der Waals surface area contributed by atoms with Gasteiger partial charge >= 0.3 is 30.0 Å². The number of hydrogen-bond donors (Lipinski definition) is 0. The van der Waals surface area contributed by atoms with Crippen molar-refractivity contribution in [3.8, 4) is 0 Å². The van der Waals surface area contributed by atoms with Crippen molar-refractivity contribution in [3.63, 3.8) is 0 Å². The fraction of sp³-hybridized carbons (Fsp3) is 0.300. The summed E-state index contributed by atoms with van der Waals surface area (Å²) in [6.45, 7) is 3.80. The minimum atomic E-state index is 1.04. The first-order valence-electron chi connectivity index (χ1n) is 4.03. The molecule has 0 amide bonds. The molecule has 0 saturated carbocycles. The molecule has 62 valence electrons. The average Bonchev–Trinajstić information content (AvgIpc) is 2.19. The van der Waals surface area contributed by atoms with Crippen molar-refractivity contribution in [1.82, 2.24) is 0 Å². The zero-order valence-corrected chi connectivity index (χ0v) is 11.9. The summed E-state index contributed by atoms with van der Waals surface area (Å²) < 4.78 is 0. The first-order valence-corrected chi connectivity index (χ1v) is 11.0. The van der Waals surface area contributed by atoms with E-state index in [1.165, 1.54) is 34.7 Å². The molecule has 12 heavy (non-hydrogen) atoms. The van der Waals surface area contributed by atoms with Gasteiger partial charge in [-0.25, -0.2) is 0 Å². The summed E-state index contributed by atoms with van der Waals surface area (Å²) in [6.07, 6.45) is 3.41. The molecular formula is C10H13BrZn. The van der Waals surface area contributed by atoms with E-state index in [0.717, 1.165) is 6.42 Å². The fourth-order valence-corrected chi connectivity index (χ4v) is 0.974. The van der Waals surface area contributed by atoms with Gasteiger partial charge in [-0.3, -0.25) is 0 Å². The molecule has 0 atom stereocenters. The van der Waals surface area contributed by atoms with Gasteiger partial charge in [0.2, 0.25) is 0 Å². The van der Waals surface area contributed by atoms with Gasteiger partial charge in [0.05, 0.1) is 0 Å². The van der Waals surface area contributed by atoms with E-state index in [9.17, 15) is 0 Å². The molecule has 0 saturated heterocycles. The number of benzene rings is 1. The standard InChI is InChI=1S/C10H13.BrH.Zn/c1-2-3-7-10-8-5-4-6-9-10;;/h4-6,8-9H,1-3,7H2;1H;/q-1;;+2/p-1. The number of halogens is 1. The molecule has 0 bridgehead atoms. The molecule has 0 nitrogen and oxygen atoms in total. The third-order valence-corrected chi connectivity index (χ3v) is 1.56. The summed E-state index contributed by atoms with van der Waals surface area (Å²) in [5.41, 5.74) is 1.42. The van der Waals surface area contributed by atoms with Crippen LogP contribution < -0.4 is 0 Å². The van der Waals surface area contributed by atoms with E-state index in [2.05, 4.69) is 44.8 Å². The fourth-order valence-electron chi connectivity index (χ4n) is 0.974. The molecule has 2 heteroatoms. The number of unbranched alkanes of at least 4 members (excludes halogenated alkanes) is 1. The molecule has 1 rings (SSSR count). The van der Waals surface area contributed by atoms with Crippen molar-refractivity contribution in [2.45, 2.75) is 19.3 Å². The van der Waals surface area contributed by atoms with Crippen LogP contribution >= 0.6 is 13.6 Å². The van der Waals surface area contributed by atoms with E-state index in [4.69, 9.17) is 0 Å². The van der Waals surface area contributed by atoms with E-state index in [0.29, 0.717) is 0 Å². The zero-order chi connectivity index (χ0) is 9.23. The Labute approximate surface area is 91.8 Å². The van der Waals surface area contributed by atoms with E-state index >= 15 is 0 Å². The van der Waals surface area contributed by atoms with Gasteiger partial charge in [0.15, 0.2) is 0 Å². The molecule has 0 spiro atoms. The molecule has 1 aromatic rings. The number of hydrogen-bond acceptors (Lipinski definition) is 0. The molecule has 0 heterocycles. The molecule has 0 N–H and O–H groups in total. The predicted octanol–water partition coefficient (Wildman–Crippen LogP) is 3.69. The minimum absolute atomic E-state index is 1.04. The quantitative estimate of drug-likeness (QED) is 0.584. The first kappa shape index (κ1) is 12.3. The molecule has 0 unspecified atom stereocenters.